The molecule has 8 nitrogen and oxygen atoms in total. The molecule has 1 aliphatic carbocycles. The molecular formula is C19H26BrN5O3S. The summed E-state index contributed by atoms with van der Waals surface area (Å²) >= 11 is 8.66. The van der Waals surface area contributed by atoms with Crippen LogP contribution < -0.4 is 20.2 Å². The van der Waals surface area contributed by atoms with Crippen molar-refractivity contribution in [2.75, 3.05) is 18.6 Å². The topological polar surface area (TPSA) is 93.2 Å². The standard InChI is InChI=1S/C19H26BrN5O3S/c1-2-27-16-9-13(10-22-25-12-21-24-19(25)29)8-15(20)18(16)28-11-17(26)23-14-6-4-3-5-7-14/h8-9,12,14,22H,2-7,10-11H2,1H3,(H,23,26)(H,24,29). The Morgan fingerprint density at radius 2 is 2.14 bits per heavy atom. The van der Waals surface area contributed by atoms with E-state index in [2.05, 4.69) is 36.9 Å². The molecule has 0 saturated heterocycles. The normalized spacial score (nSPS) is 14.4. The van der Waals surface area contributed by atoms with E-state index in [9.17, 15) is 4.79 Å². The Balaban J connectivity index is 1.63. The number of carbonyl (C=O) groups excluding carboxylic acids is 1. The molecule has 1 heterocycles. The lowest BCUT2D eigenvalue weighted by Crippen LogP contribution is -2.39. The maximum atomic E-state index is 12.3. The molecule has 29 heavy (non-hydrogen) atoms. The van der Waals surface area contributed by atoms with Crippen molar-refractivity contribution in [1.29, 1.82) is 0 Å². The van der Waals surface area contributed by atoms with Gasteiger partial charge in [0.1, 0.15) is 6.33 Å². The number of nitrogens with zero attached hydrogens (tertiary/aromatic N) is 2. The van der Waals surface area contributed by atoms with Crippen molar-refractivity contribution in [2.45, 2.75) is 51.6 Å². The SMILES string of the molecule is CCOc1cc(CNn2cn[nH]c2=S)cc(Br)c1OCC(=O)NC1CCCCC1. The van der Waals surface area contributed by atoms with E-state index < -0.39 is 0 Å². The zero-order chi connectivity index (χ0) is 20.6. The van der Waals surface area contributed by atoms with Crippen LogP contribution in [0, 0.1) is 4.77 Å². The van der Waals surface area contributed by atoms with Crippen molar-refractivity contribution in [3.8, 4) is 11.5 Å². The van der Waals surface area contributed by atoms with Crippen molar-refractivity contribution in [3.05, 3.63) is 33.3 Å². The first-order chi connectivity index (χ1) is 14.1. The van der Waals surface area contributed by atoms with Gasteiger partial charge in [-0.3, -0.25) is 9.89 Å². The summed E-state index contributed by atoms with van der Waals surface area (Å²) in [5, 5.41) is 9.62. The number of nitrogens with one attached hydrogen (secondary N) is 3. The Morgan fingerprint density at radius 3 is 2.83 bits per heavy atom. The maximum absolute atomic E-state index is 12.3. The van der Waals surface area contributed by atoms with Crippen LogP contribution in [0.1, 0.15) is 44.6 Å². The van der Waals surface area contributed by atoms with E-state index in [0.717, 1.165) is 22.9 Å². The van der Waals surface area contributed by atoms with E-state index in [1.54, 1.807) is 11.0 Å². The number of benzene rings is 1. The molecule has 1 amide bonds. The van der Waals surface area contributed by atoms with Crippen LogP contribution in [0.4, 0.5) is 0 Å². The van der Waals surface area contributed by atoms with Crippen LogP contribution in [0.2, 0.25) is 0 Å². The van der Waals surface area contributed by atoms with Crippen LogP contribution in [-0.2, 0) is 11.3 Å². The van der Waals surface area contributed by atoms with Crippen molar-refractivity contribution >= 4 is 34.1 Å². The van der Waals surface area contributed by atoms with Gasteiger partial charge in [-0.1, -0.05) is 19.3 Å². The molecule has 0 spiro atoms. The predicted octanol–water partition coefficient (Wildman–Crippen LogP) is 3.67. The summed E-state index contributed by atoms with van der Waals surface area (Å²) in [4.78, 5) is 12.3. The Morgan fingerprint density at radius 1 is 1.34 bits per heavy atom. The smallest absolute Gasteiger partial charge is 0.258 e. The monoisotopic (exact) mass is 483 g/mol. The van der Waals surface area contributed by atoms with Crippen LogP contribution in [0.5, 0.6) is 11.5 Å². The van der Waals surface area contributed by atoms with Gasteiger partial charge in [-0.05, 0) is 65.6 Å². The Bertz CT molecular complexity index is 879. The average Bonchev–Trinajstić information content (AvgIpc) is 3.11. The van der Waals surface area contributed by atoms with Crippen LogP contribution in [-0.4, -0.2) is 40.0 Å². The van der Waals surface area contributed by atoms with Crippen molar-refractivity contribution < 1.29 is 14.3 Å². The third-order valence-corrected chi connectivity index (χ3v) is 5.57. The molecule has 2 aromatic rings. The molecule has 158 valence electrons. The van der Waals surface area contributed by atoms with Crippen LogP contribution in [0.25, 0.3) is 0 Å². The Kier molecular flexibility index (Phi) is 7.93. The summed E-state index contributed by atoms with van der Waals surface area (Å²) < 4.78 is 14.4. The first kappa shape index (κ1) is 21.6. The number of carbonyl (C=O) groups is 1. The van der Waals surface area contributed by atoms with E-state index in [0.29, 0.717) is 29.4 Å². The molecule has 0 aliphatic heterocycles. The van der Waals surface area contributed by atoms with E-state index >= 15 is 0 Å². The molecule has 0 bridgehead atoms. The molecular weight excluding hydrogens is 458 g/mol. The van der Waals surface area contributed by atoms with Crippen molar-refractivity contribution in [3.63, 3.8) is 0 Å². The molecule has 1 fully saturated rings. The summed E-state index contributed by atoms with van der Waals surface area (Å²) in [6, 6.07) is 4.07. The highest BCUT2D eigenvalue weighted by atomic mass is 79.9. The minimum absolute atomic E-state index is 0.0447. The predicted molar refractivity (Wildman–Crippen MR) is 116 cm³/mol. The highest BCUT2D eigenvalue weighted by molar-refractivity contribution is 9.10. The molecule has 1 aromatic heterocycles. The molecule has 10 heteroatoms. The summed E-state index contributed by atoms with van der Waals surface area (Å²) in [6.07, 6.45) is 7.26. The average molecular weight is 484 g/mol. The molecule has 1 saturated carbocycles. The van der Waals surface area contributed by atoms with Gasteiger partial charge in [0.2, 0.25) is 4.77 Å². The number of hydrogen-bond donors (Lipinski definition) is 3. The first-order valence-corrected chi connectivity index (χ1v) is 11.0. The summed E-state index contributed by atoms with van der Waals surface area (Å²) in [5.74, 6) is 1.00. The number of amides is 1. The number of hydrogen-bond acceptors (Lipinski definition) is 6. The molecule has 0 radical (unpaired) electrons. The van der Waals surface area contributed by atoms with Gasteiger partial charge in [0.25, 0.3) is 5.91 Å². The second kappa shape index (κ2) is 10.6. The Labute approximate surface area is 183 Å². The molecule has 3 rings (SSSR count). The van der Waals surface area contributed by atoms with Crippen LogP contribution in [0.3, 0.4) is 0 Å². The van der Waals surface area contributed by atoms with Crippen molar-refractivity contribution in [2.24, 2.45) is 0 Å². The van der Waals surface area contributed by atoms with Crippen LogP contribution in [0.15, 0.2) is 22.9 Å². The maximum Gasteiger partial charge on any atom is 0.258 e. The molecule has 1 aromatic carbocycles. The second-order valence-corrected chi connectivity index (χ2v) is 8.14. The minimum Gasteiger partial charge on any atom is -0.490 e. The van der Waals surface area contributed by atoms with Gasteiger partial charge >= 0.3 is 0 Å². The lowest BCUT2D eigenvalue weighted by molar-refractivity contribution is -0.124. The van der Waals surface area contributed by atoms with E-state index in [4.69, 9.17) is 21.7 Å². The van der Waals surface area contributed by atoms with Gasteiger partial charge in [-0.15, -0.1) is 0 Å². The third-order valence-electron chi connectivity index (χ3n) is 4.69. The highest BCUT2D eigenvalue weighted by Crippen LogP contribution is 2.37. The number of rotatable bonds is 9. The van der Waals surface area contributed by atoms with Gasteiger partial charge in [-0.25, -0.2) is 4.68 Å². The fourth-order valence-corrected chi connectivity index (χ4v) is 4.09. The fourth-order valence-electron chi connectivity index (χ4n) is 3.32. The number of aromatic nitrogens is 3. The number of halogens is 1. The Hall–Kier alpha value is -2.07. The quantitative estimate of drug-likeness (QED) is 0.471. The van der Waals surface area contributed by atoms with Gasteiger partial charge in [0, 0.05) is 6.04 Å². The van der Waals surface area contributed by atoms with Crippen LogP contribution >= 0.6 is 28.1 Å². The summed E-state index contributed by atoms with van der Waals surface area (Å²) in [7, 11) is 0. The highest BCUT2D eigenvalue weighted by Gasteiger charge is 2.18. The second-order valence-electron chi connectivity index (χ2n) is 6.90. The van der Waals surface area contributed by atoms with E-state index in [-0.39, 0.29) is 18.6 Å². The van der Waals surface area contributed by atoms with Gasteiger partial charge in [0.15, 0.2) is 18.1 Å². The third kappa shape index (κ3) is 6.20. The zero-order valence-electron chi connectivity index (χ0n) is 16.4. The minimum atomic E-state index is -0.105. The largest absolute Gasteiger partial charge is 0.490 e. The number of aromatic amines is 1. The summed E-state index contributed by atoms with van der Waals surface area (Å²) in [5.41, 5.74) is 4.12. The van der Waals surface area contributed by atoms with Crippen molar-refractivity contribution in [1.82, 2.24) is 20.2 Å². The van der Waals surface area contributed by atoms with E-state index in [1.807, 2.05) is 19.1 Å². The fraction of sp³-hybridized carbons (Fsp3) is 0.526. The molecule has 1 aliphatic rings. The van der Waals surface area contributed by atoms with Gasteiger partial charge < -0.3 is 20.2 Å². The number of H-pyrrole nitrogens is 1. The molecule has 3 N–H and O–H groups in total. The summed E-state index contributed by atoms with van der Waals surface area (Å²) in [6.45, 7) is 2.86. The lowest BCUT2D eigenvalue weighted by Gasteiger charge is -2.23. The lowest BCUT2D eigenvalue weighted by atomic mass is 9.95. The van der Waals surface area contributed by atoms with Gasteiger partial charge in [0.05, 0.1) is 17.6 Å². The van der Waals surface area contributed by atoms with E-state index in [1.165, 1.54) is 19.3 Å². The first-order valence-electron chi connectivity index (χ1n) is 9.80. The molecule has 0 unspecified atom stereocenters. The van der Waals surface area contributed by atoms with Gasteiger partial charge in [-0.2, -0.15) is 5.10 Å². The molecule has 0 atom stereocenters. The zero-order valence-corrected chi connectivity index (χ0v) is 18.8. The number of ether oxygens (including phenoxy) is 2.